The molecule has 0 radical (unpaired) electrons. The highest BCUT2D eigenvalue weighted by Gasteiger charge is 2.43. The first-order valence-corrected chi connectivity index (χ1v) is 10.5. The average molecular weight is 422 g/mol. The van der Waals surface area contributed by atoms with Crippen LogP contribution in [0.15, 0.2) is 58.5 Å². The van der Waals surface area contributed by atoms with Gasteiger partial charge in [0.25, 0.3) is 5.56 Å². The lowest BCUT2D eigenvalue weighted by Crippen LogP contribution is -2.47. The maximum absolute atomic E-state index is 14.5. The second kappa shape index (κ2) is 7.92. The van der Waals surface area contributed by atoms with Crippen molar-refractivity contribution in [2.24, 2.45) is 5.92 Å². The van der Waals surface area contributed by atoms with E-state index in [2.05, 4.69) is 16.4 Å². The predicted octanol–water partition coefficient (Wildman–Crippen LogP) is 3.43. The molecule has 1 aromatic heterocycles. The molecule has 1 N–H and O–H groups in total. The van der Waals surface area contributed by atoms with Gasteiger partial charge in [0, 0.05) is 0 Å². The van der Waals surface area contributed by atoms with Gasteiger partial charge in [-0.1, -0.05) is 36.0 Å². The van der Waals surface area contributed by atoms with Gasteiger partial charge in [0.05, 0.1) is 28.4 Å². The summed E-state index contributed by atoms with van der Waals surface area (Å²) in [6.07, 6.45) is 1.83. The van der Waals surface area contributed by atoms with Gasteiger partial charge >= 0.3 is 0 Å². The molecule has 8 heteroatoms. The van der Waals surface area contributed by atoms with Gasteiger partial charge in [-0.3, -0.25) is 14.2 Å². The Morgan fingerprint density at radius 1 is 1.30 bits per heavy atom. The lowest BCUT2D eigenvalue weighted by atomic mass is 9.98. The molecule has 3 aromatic rings. The number of benzene rings is 2. The first kappa shape index (κ1) is 20.1. The third-order valence-corrected chi connectivity index (χ3v) is 6.13. The van der Waals surface area contributed by atoms with E-state index in [-0.39, 0.29) is 28.4 Å². The van der Waals surface area contributed by atoms with Gasteiger partial charge in [-0.15, -0.1) is 0 Å². The second-order valence-corrected chi connectivity index (χ2v) is 8.37. The maximum atomic E-state index is 14.5. The number of halogens is 1. The zero-order valence-electron chi connectivity index (χ0n) is 16.3. The van der Waals surface area contributed by atoms with Crippen LogP contribution >= 0.6 is 11.8 Å². The van der Waals surface area contributed by atoms with E-state index < -0.39 is 16.9 Å². The van der Waals surface area contributed by atoms with Crippen molar-refractivity contribution in [1.29, 1.82) is 5.26 Å². The van der Waals surface area contributed by atoms with E-state index >= 15 is 0 Å². The topological polar surface area (TPSA) is 87.8 Å². The van der Waals surface area contributed by atoms with Gasteiger partial charge < -0.3 is 5.32 Å². The zero-order chi connectivity index (χ0) is 21.3. The van der Waals surface area contributed by atoms with E-state index in [0.29, 0.717) is 10.9 Å². The fraction of sp³-hybridized carbons (Fsp3) is 0.273. The second-order valence-electron chi connectivity index (χ2n) is 7.43. The van der Waals surface area contributed by atoms with E-state index in [1.54, 1.807) is 43.3 Å². The molecule has 1 amide bonds. The Labute approximate surface area is 176 Å². The highest BCUT2D eigenvalue weighted by Crippen LogP contribution is 2.39. The molecule has 30 heavy (non-hydrogen) atoms. The Hall–Kier alpha value is -3.18. The van der Waals surface area contributed by atoms with Crippen molar-refractivity contribution in [1.82, 2.24) is 14.9 Å². The van der Waals surface area contributed by atoms with Gasteiger partial charge in [-0.25, -0.2) is 9.37 Å². The number of nitriles is 1. The van der Waals surface area contributed by atoms with Gasteiger partial charge in [0.2, 0.25) is 5.91 Å². The minimum atomic E-state index is -0.903. The van der Waals surface area contributed by atoms with Crippen molar-refractivity contribution in [3.05, 3.63) is 64.7 Å². The van der Waals surface area contributed by atoms with Crippen LogP contribution in [0.3, 0.4) is 0 Å². The number of nitrogens with one attached hydrogen (secondary N) is 1. The number of para-hydroxylation sites is 2. The molecule has 0 saturated heterocycles. The Kier molecular flexibility index (Phi) is 5.31. The number of thioether (sulfide) groups is 1. The number of rotatable bonds is 6. The smallest absolute Gasteiger partial charge is 0.266 e. The van der Waals surface area contributed by atoms with Crippen LogP contribution in [0.5, 0.6) is 0 Å². The van der Waals surface area contributed by atoms with Crippen molar-refractivity contribution < 1.29 is 9.18 Å². The summed E-state index contributed by atoms with van der Waals surface area (Å²) >= 11 is 1.03. The van der Waals surface area contributed by atoms with Crippen molar-refractivity contribution in [3.8, 4) is 11.8 Å². The highest BCUT2D eigenvalue weighted by molar-refractivity contribution is 7.99. The third kappa shape index (κ3) is 3.81. The van der Waals surface area contributed by atoms with Gasteiger partial charge in [0.15, 0.2) is 5.16 Å². The first-order valence-electron chi connectivity index (χ1n) is 9.55. The lowest BCUT2D eigenvalue weighted by Gasteiger charge is -2.22. The number of carbonyl (C=O) groups is 1. The maximum Gasteiger partial charge on any atom is 0.266 e. The molecule has 0 spiro atoms. The van der Waals surface area contributed by atoms with E-state index in [4.69, 9.17) is 0 Å². The normalized spacial score (nSPS) is 15.4. The summed E-state index contributed by atoms with van der Waals surface area (Å²) in [5.41, 5.74) is -0.769. The molecule has 0 aliphatic heterocycles. The molecular weight excluding hydrogens is 403 g/mol. The minimum absolute atomic E-state index is 0.0524. The van der Waals surface area contributed by atoms with E-state index in [9.17, 15) is 19.2 Å². The molecule has 1 saturated carbocycles. The first-order chi connectivity index (χ1) is 14.4. The molecule has 2 aromatic carbocycles. The van der Waals surface area contributed by atoms with Crippen LogP contribution in [-0.2, 0) is 4.79 Å². The number of hydrogen-bond acceptors (Lipinski definition) is 5. The zero-order valence-corrected chi connectivity index (χ0v) is 17.1. The monoisotopic (exact) mass is 422 g/mol. The Bertz CT molecular complexity index is 1230. The molecule has 6 nitrogen and oxygen atoms in total. The van der Waals surface area contributed by atoms with Gasteiger partial charge in [0.1, 0.15) is 11.4 Å². The molecule has 1 aliphatic carbocycles. The lowest BCUT2D eigenvalue weighted by molar-refractivity contribution is -0.119. The largest absolute Gasteiger partial charge is 0.337 e. The molecule has 1 fully saturated rings. The number of amides is 1. The van der Waals surface area contributed by atoms with Crippen LogP contribution in [-0.4, -0.2) is 26.8 Å². The number of fused-ring (bicyclic) bond motifs is 1. The number of nitrogens with zero attached hydrogens (tertiary/aromatic N) is 3. The molecule has 1 heterocycles. The van der Waals surface area contributed by atoms with Crippen LogP contribution in [0.25, 0.3) is 16.6 Å². The average Bonchev–Trinajstić information content (AvgIpc) is 3.59. The summed E-state index contributed by atoms with van der Waals surface area (Å²) in [6, 6.07) is 14.9. The van der Waals surface area contributed by atoms with Gasteiger partial charge in [-0.2, -0.15) is 5.26 Å². The number of aromatic nitrogens is 2. The van der Waals surface area contributed by atoms with E-state index in [1.807, 2.05) is 0 Å². The third-order valence-electron chi connectivity index (χ3n) is 5.20. The molecule has 152 valence electrons. The van der Waals surface area contributed by atoms with Crippen LogP contribution < -0.4 is 10.9 Å². The predicted molar refractivity (Wildman–Crippen MR) is 113 cm³/mol. The summed E-state index contributed by atoms with van der Waals surface area (Å²) in [7, 11) is 0. The SMILES string of the molecule is CC(C#N)(NC(=O)CSc1nc2ccccc2c(=O)n1-c1ccccc1F)C1CC1. The summed E-state index contributed by atoms with van der Waals surface area (Å²) in [5.74, 6) is -0.789. The molecular formula is C22H19FN4O2S. The Balaban J connectivity index is 1.69. The van der Waals surface area contributed by atoms with Crippen molar-refractivity contribution in [2.45, 2.75) is 30.5 Å². The van der Waals surface area contributed by atoms with E-state index in [1.165, 1.54) is 16.7 Å². The Morgan fingerprint density at radius 3 is 2.70 bits per heavy atom. The van der Waals surface area contributed by atoms with Crippen molar-refractivity contribution in [2.75, 3.05) is 5.75 Å². The van der Waals surface area contributed by atoms with Crippen LogP contribution in [0.2, 0.25) is 0 Å². The molecule has 4 rings (SSSR count). The summed E-state index contributed by atoms with van der Waals surface area (Å²) in [6.45, 7) is 1.72. The quantitative estimate of drug-likeness (QED) is 0.486. The van der Waals surface area contributed by atoms with Gasteiger partial charge in [-0.05, 0) is 49.9 Å². The molecule has 1 unspecified atom stereocenters. The summed E-state index contributed by atoms with van der Waals surface area (Å²) in [5, 5.41) is 12.8. The summed E-state index contributed by atoms with van der Waals surface area (Å²) in [4.78, 5) is 30.1. The van der Waals surface area contributed by atoms with Crippen molar-refractivity contribution >= 4 is 28.6 Å². The minimum Gasteiger partial charge on any atom is -0.337 e. The van der Waals surface area contributed by atoms with Crippen LogP contribution in [0.1, 0.15) is 19.8 Å². The molecule has 1 atom stereocenters. The summed E-state index contributed by atoms with van der Waals surface area (Å²) < 4.78 is 15.7. The van der Waals surface area contributed by atoms with Crippen LogP contribution in [0.4, 0.5) is 4.39 Å². The number of hydrogen-bond donors (Lipinski definition) is 1. The fourth-order valence-electron chi connectivity index (χ4n) is 3.39. The standard InChI is InChI=1S/C22H19FN4O2S/c1-22(13-24,14-10-11-14)26-19(28)12-30-21-25-17-8-4-2-6-15(17)20(29)27(21)18-9-5-3-7-16(18)23/h2-9,14H,10-12H2,1H3,(H,26,28). The van der Waals surface area contributed by atoms with Crippen LogP contribution in [0, 0.1) is 23.1 Å². The Morgan fingerprint density at radius 2 is 2.00 bits per heavy atom. The van der Waals surface area contributed by atoms with E-state index in [0.717, 1.165) is 24.6 Å². The van der Waals surface area contributed by atoms with Crippen molar-refractivity contribution in [3.63, 3.8) is 0 Å². The highest BCUT2D eigenvalue weighted by atomic mass is 32.2. The molecule has 1 aliphatic rings. The molecule has 0 bridgehead atoms. The fourth-order valence-corrected chi connectivity index (χ4v) is 4.20. The number of carbonyl (C=O) groups excluding carboxylic acids is 1.